The Balaban J connectivity index is 1.66. The monoisotopic (exact) mass is 388 g/mol. The van der Waals surface area contributed by atoms with E-state index < -0.39 is 30.3 Å². The summed E-state index contributed by atoms with van der Waals surface area (Å²) in [5.41, 5.74) is 0.859. The quantitative estimate of drug-likeness (QED) is 0.555. The summed E-state index contributed by atoms with van der Waals surface area (Å²) in [5.74, 6) is -2.24. The summed E-state index contributed by atoms with van der Waals surface area (Å²) in [6.07, 6.45) is 0. The van der Waals surface area contributed by atoms with Gasteiger partial charge < -0.3 is 4.90 Å². The Hall–Kier alpha value is -2.81. The van der Waals surface area contributed by atoms with E-state index in [9.17, 15) is 19.2 Å². The van der Waals surface area contributed by atoms with Crippen LogP contribution in [0, 0.1) is 5.92 Å². The molecule has 0 aliphatic carbocycles. The molecular formula is C18H20N4O4S. The van der Waals surface area contributed by atoms with Crippen LogP contribution in [0.3, 0.4) is 0 Å². The van der Waals surface area contributed by atoms with Crippen molar-refractivity contribution in [2.75, 3.05) is 20.1 Å². The van der Waals surface area contributed by atoms with Gasteiger partial charge in [0.15, 0.2) is 0 Å². The minimum atomic E-state index is -0.956. The Kier molecular flexibility index (Phi) is 5.22. The van der Waals surface area contributed by atoms with E-state index in [1.54, 1.807) is 7.05 Å². The lowest BCUT2D eigenvalue weighted by molar-refractivity contribution is -0.144. The first-order valence-electron chi connectivity index (χ1n) is 8.53. The number of thiazole rings is 1. The van der Waals surface area contributed by atoms with Gasteiger partial charge in [0.1, 0.15) is 11.6 Å². The third-order valence-electron chi connectivity index (χ3n) is 4.11. The van der Waals surface area contributed by atoms with Crippen molar-refractivity contribution in [1.29, 1.82) is 0 Å². The molecule has 5 amide bonds. The molecule has 1 fully saturated rings. The zero-order valence-corrected chi connectivity index (χ0v) is 16.2. The van der Waals surface area contributed by atoms with Crippen molar-refractivity contribution >= 4 is 45.3 Å². The molecule has 1 aromatic carbocycles. The van der Waals surface area contributed by atoms with Gasteiger partial charge in [0.25, 0.3) is 0 Å². The van der Waals surface area contributed by atoms with E-state index in [1.165, 1.54) is 16.2 Å². The van der Waals surface area contributed by atoms with Gasteiger partial charge in [-0.2, -0.15) is 0 Å². The number of hydrogen-bond donors (Lipinski definition) is 0. The van der Waals surface area contributed by atoms with Gasteiger partial charge in [0, 0.05) is 13.6 Å². The lowest BCUT2D eigenvalue weighted by atomic mass is 10.2. The Labute approximate surface area is 160 Å². The summed E-state index contributed by atoms with van der Waals surface area (Å²) in [6.45, 7) is 3.63. The van der Waals surface area contributed by atoms with Crippen LogP contribution < -0.4 is 0 Å². The van der Waals surface area contributed by atoms with Crippen LogP contribution >= 0.6 is 11.3 Å². The second-order valence-electron chi connectivity index (χ2n) is 6.81. The summed E-state index contributed by atoms with van der Waals surface area (Å²) >= 11 is 1.48. The second-order valence-corrected chi connectivity index (χ2v) is 7.92. The molecule has 0 unspecified atom stereocenters. The van der Waals surface area contributed by atoms with Crippen LogP contribution in [-0.2, 0) is 20.9 Å². The number of para-hydroxylation sites is 1. The molecule has 9 heteroatoms. The zero-order valence-electron chi connectivity index (χ0n) is 15.3. The molecule has 1 aromatic heterocycles. The fourth-order valence-electron chi connectivity index (χ4n) is 2.75. The number of hydrogen-bond acceptors (Lipinski definition) is 6. The predicted molar refractivity (Wildman–Crippen MR) is 99.8 cm³/mol. The Bertz CT molecular complexity index is 890. The molecular weight excluding hydrogens is 368 g/mol. The van der Waals surface area contributed by atoms with Gasteiger partial charge >= 0.3 is 17.8 Å². The van der Waals surface area contributed by atoms with Crippen molar-refractivity contribution < 1.29 is 19.2 Å². The number of aromatic nitrogens is 1. The van der Waals surface area contributed by atoms with Gasteiger partial charge in [-0.3, -0.25) is 19.3 Å². The van der Waals surface area contributed by atoms with Gasteiger partial charge in [-0.25, -0.2) is 14.7 Å². The van der Waals surface area contributed by atoms with E-state index in [4.69, 9.17) is 0 Å². The minimum Gasteiger partial charge on any atom is -0.337 e. The molecule has 1 saturated heterocycles. The van der Waals surface area contributed by atoms with Crippen molar-refractivity contribution in [2.24, 2.45) is 5.92 Å². The first-order valence-corrected chi connectivity index (χ1v) is 9.35. The summed E-state index contributed by atoms with van der Waals surface area (Å²) in [5, 5.41) is 0.753. The number of carbonyl (C=O) groups excluding carboxylic acids is 4. The number of urea groups is 1. The summed E-state index contributed by atoms with van der Waals surface area (Å²) in [4.78, 5) is 56.3. The fraction of sp³-hybridized carbons (Fsp3) is 0.389. The van der Waals surface area contributed by atoms with E-state index in [0.29, 0.717) is 4.90 Å². The molecule has 0 radical (unpaired) electrons. The molecule has 0 atom stereocenters. The van der Waals surface area contributed by atoms with Crippen LogP contribution in [0.4, 0.5) is 4.79 Å². The van der Waals surface area contributed by atoms with E-state index in [1.807, 2.05) is 38.1 Å². The lowest BCUT2D eigenvalue weighted by Gasteiger charge is -2.20. The smallest absolute Gasteiger partial charge is 0.334 e. The highest BCUT2D eigenvalue weighted by molar-refractivity contribution is 7.18. The number of fused-ring (bicyclic) bond motifs is 1. The molecule has 3 rings (SSSR count). The molecule has 8 nitrogen and oxygen atoms in total. The molecule has 0 bridgehead atoms. The predicted octanol–water partition coefficient (Wildman–Crippen LogP) is 1.70. The standard InChI is InChI=1S/C18H20N4O4S/c1-11(2)8-21-16(24)17(25)22(18(21)26)10-15(23)20(3)9-14-19-12-6-4-5-7-13(12)27-14/h4-7,11H,8-10H2,1-3H3. The van der Waals surface area contributed by atoms with Gasteiger partial charge in [0.2, 0.25) is 5.91 Å². The molecule has 0 saturated carbocycles. The zero-order chi connectivity index (χ0) is 19.7. The van der Waals surface area contributed by atoms with E-state index in [2.05, 4.69) is 4.98 Å². The molecule has 2 aromatic rings. The normalized spacial score (nSPS) is 14.7. The maximum Gasteiger partial charge on any atom is 0.334 e. The number of rotatable bonds is 6. The van der Waals surface area contributed by atoms with Gasteiger partial charge in [0.05, 0.1) is 16.8 Å². The van der Waals surface area contributed by atoms with E-state index in [-0.39, 0.29) is 19.0 Å². The van der Waals surface area contributed by atoms with Crippen molar-refractivity contribution in [3.05, 3.63) is 29.3 Å². The topological polar surface area (TPSA) is 90.9 Å². The Morgan fingerprint density at radius 2 is 1.81 bits per heavy atom. The highest BCUT2D eigenvalue weighted by Gasteiger charge is 2.45. The van der Waals surface area contributed by atoms with Crippen LogP contribution in [0.25, 0.3) is 10.2 Å². The van der Waals surface area contributed by atoms with Crippen LogP contribution in [0.2, 0.25) is 0 Å². The first kappa shape index (κ1) is 19.0. The third-order valence-corrected chi connectivity index (χ3v) is 5.13. The Morgan fingerprint density at radius 1 is 1.15 bits per heavy atom. The molecule has 2 heterocycles. The average molecular weight is 388 g/mol. The molecule has 0 spiro atoms. The second kappa shape index (κ2) is 7.43. The fourth-order valence-corrected chi connectivity index (χ4v) is 3.77. The molecule has 142 valence electrons. The molecule has 1 aliphatic heterocycles. The van der Waals surface area contributed by atoms with Crippen molar-refractivity contribution in [3.8, 4) is 0 Å². The third kappa shape index (κ3) is 3.82. The van der Waals surface area contributed by atoms with Crippen molar-refractivity contribution in [1.82, 2.24) is 19.7 Å². The van der Waals surface area contributed by atoms with E-state index >= 15 is 0 Å². The van der Waals surface area contributed by atoms with Crippen LogP contribution in [0.1, 0.15) is 18.9 Å². The van der Waals surface area contributed by atoms with Crippen LogP contribution in [0.5, 0.6) is 0 Å². The van der Waals surface area contributed by atoms with Gasteiger partial charge in [-0.1, -0.05) is 26.0 Å². The maximum atomic E-state index is 12.5. The highest BCUT2D eigenvalue weighted by atomic mass is 32.1. The lowest BCUT2D eigenvalue weighted by Crippen LogP contribution is -2.42. The summed E-state index contributed by atoms with van der Waals surface area (Å²) in [7, 11) is 1.58. The summed E-state index contributed by atoms with van der Waals surface area (Å²) < 4.78 is 1.02. The Morgan fingerprint density at radius 3 is 2.48 bits per heavy atom. The minimum absolute atomic E-state index is 0.0306. The van der Waals surface area contributed by atoms with Crippen molar-refractivity contribution in [2.45, 2.75) is 20.4 Å². The number of benzene rings is 1. The van der Waals surface area contributed by atoms with E-state index in [0.717, 1.165) is 20.1 Å². The number of amides is 5. The number of nitrogens with zero attached hydrogens (tertiary/aromatic N) is 4. The molecule has 27 heavy (non-hydrogen) atoms. The largest absolute Gasteiger partial charge is 0.337 e. The van der Waals surface area contributed by atoms with Gasteiger partial charge in [-0.15, -0.1) is 11.3 Å². The van der Waals surface area contributed by atoms with Crippen LogP contribution in [0.15, 0.2) is 24.3 Å². The maximum absolute atomic E-state index is 12.5. The highest BCUT2D eigenvalue weighted by Crippen LogP contribution is 2.22. The number of carbonyl (C=O) groups is 4. The average Bonchev–Trinajstić information content (AvgIpc) is 3.11. The van der Waals surface area contributed by atoms with Gasteiger partial charge in [-0.05, 0) is 18.1 Å². The number of likely N-dealkylation sites (N-methyl/N-ethyl adjacent to an activating group) is 1. The first-order chi connectivity index (χ1) is 12.8. The van der Waals surface area contributed by atoms with Crippen molar-refractivity contribution in [3.63, 3.8) is 0 Å². The SMILES string of the molecule is CC(C)CN1C(=O)C(=O)N(CC(=O)N(C)Cc2nc3ccccc3s2)C1=O. The van der Waals surface area contributed by atoms with Crippen LogP contribution in [-0.4, -0.2) is 63.6 Å². The number of imide groups is 2. The summed E-state index contributed by atoms with van der Waals surface area (Å²) in [6, 6.07) is 6.93. The molecule has 0 N–H and O–H groups in total. The molecule has 1 aliphatic rings.